The van der Waals surface area contributed by atoms with Crippen LogP contribution in [0.15, 0.2) is 48.5 Å². The molecule has 1 unspecified atom stereocenters. The Labute approximate surface area is 114 Å². The van der Waals surface area contributed by atoms with Crippen LogP contribution in [-0.4, -0.2) is 6.29 Å². The van der Waals surface area contributed by atoms with Crippen molar-refractivity contribution in [2.45, 2.75) is 19.8 Å². The first-order valence-electron chi connectivity index (χ1n) is 6.49. The summed E-state index contributed by atoms with van der Waals surface area (Å²) in [5.41, 5.74) is 4.59. The third-order valence-electron chi connectivity index (χ3n) is 3.22. The average molecular weight is 250 g/mol. The van der Waals surface area contributed by atoms with Gasteiger partial charge in [-0.05, 0) is 23.6 Å². The van der Waals surface area contributed by atoms with Gasteiger partial charge in [0, 0.05) is 5.92 Å². The highest BCUT2D eigenvalue weighted by Gasteiger charge is 2.06. The highest BCUT2D eigenvalue weighted by Crippen LogP contribution is 2.20. The molecule has 0 saturated carbocycles. The van der Waals surface area contributed by atoms with Crippen LogP contribution in [0.5, 0.6) is 0 Å². The summed E-state index contributed by atoms with van der Waals surface area (Å²) in [4.78, 5) is 10.9. The third kappa shape index (κ3) is 3.41. The molecule has 0 spiro atoms. The topological polar surface area (TPSA) is 17.1 Å². The lowest BCUT2D eigenvalue weighted by Gasteiger charge is -2.08. The van der Waals surface area contributed by atoms with Crippen molar-refractivity contribution in [3.63, 3.8) is 0 Å². The molecule has 0 radical (unpaired) electrons. The summed E-state index contributed by atoms with van der Waals surface area (Å²) < 4.78 is 0. The van der Waals surface area contributed by atoms with Gasteiger partial charge >= 0.3 is 0 Å². The smallest absolute Gasteiger partial charge is 0.127 e. The molecule has 0 amide bonds. The van der Waals surface area contributed by atoms with Crippen LogP contribution in [0.4, 0.5) is 0 Å². The van der Waals surface area contributed by atoms with E-state index in [0.29, 0.717) is 0 Å². The predicted octanol–water partition coefficient (Wildman–Crippen LogP) is 4.47. The molecule has 96 valence electrons. The number of hydrogen-bond donors (Lipinski definition) is 0. The van der Waals surface area contributed by atoms with Gasteiger partial charge in [-0.1, -0.05) is 73.2 Å². The van der Waals surface area contributed by atoms with Gasteiger partial charge < -0.3 is 4.79 Å². The molecule has 0 aliphatic rings. The minimum Gasteiger partial charge on any atom is -0.303 e. The number of benzene rings is 2. The lowest BCUT2D eigenvalue weighted by atomic mass is 9.96. The minimum atomic E-state index is -0.0705. The monoisotopic (exact) mass is 250 g/mol. The van der Waals surface area contributed by atoms with Crippen LogP contribution in [-0.2, 0) is 4.79 Å². The maximum atomic E-state index is 10.9. The van der Waals surface area contributed by atoms with Crippen molar-refractivity contribution in [3.05, 3.63) is 70.8 Å². The van der Waals surface area contributed by atoms with Crippen molar-refractivity contribution in [1.82, 2.24) is 0 Å². The van der Waals surface area contributed by atoms with E-state index in [4.69, 9.17) is 0 Å². The molecule has 0 aliphatic carbocycles. The molecule has 2 rings (SSSR count). The van der Waals surface area contributed by atoms with E-state index in [1.54, 1.807) is 0 Å². The first-order valence-corrected chi connectivity index (χ1v) is 6.49. The molecule has 1 heteroatoms. The summed E-state index contributed by atoms with van der Waals surface area (Å²) in [7, 11) is 0. The van der Waals surface area contributed by atoms with E-state index in [1.807, 2.05) is 31.2 Å². The van der Waals surface area contributed by atoms with Crippen LogP contribution >= 0.6 is 0 Å². The summed E-state index contributed by atoms with van der Waals surface area (Å²) in [5.74, 6) is -0.0705. The van der Waals surface area contributed by atoms with Crippen molar-refractivity contribution >= 4 is 18.4 Å². The number of aryl methyl sites for hydroxylation is 1. The molecular weight excluding hydrogens is 232 g/mol. The van der Waals surface area contributed by atoms with Gasteiger partial charge in [0.05, 0.1) is 0 Å². The van der Waals surface area contributed by atoms with Crippen molar-refractivity contribution in [1.29, 1.82) is 0 Å². The van der Waals surface area contributed by atoms with Gasteiger partial charge in [-0.3, -0.25) is 0 Å². The Morgan fingerprint density at radius 3 is 2.32 bits per heavy atom. The lowest BCUT2D eigenvalue weighted by molar-refractivity contribution is -0.108. The second kappa shape index (κ2) is 6.14. The minimum absolute atomic E-state index is 0.0705. The molecule has 2 aromatic rings. The molecule has 0 fully saturated rings. The Hall–Kier alpha value is -2.15. The van der Waals surface area contributed by atoms with Gasteiger partial charge in [0.15, 0.2) is 0 Å². The van der Waals surface area contributed by atoms with Crippen molar-refractivity contribution < 1.29 is 4.79 Å². The molecule has 1 atom stereocenters. The van der Waals surface area contributed by atoms with Crippen LogP contribution in [0.1, 0.15) is 35.1 Å². The lowest BCUT2D eigenvalue weighted by Crippen LogP contribution is -1.96. The van der Waals surface area contributed by atoms with Crippen LogP contribution in [0.3, 0.4) is 0 Å². The Morgan fingerprint density at radius 2 is 1.63 bits per heavy atom. The zero-order chi connectivity index (χ0) is 13.7. The van der Waals surface area contributed by atoms with Gasteiger partial charge in [0.2, 0.25) is 0 Å². The second-order valence-corrected chi connectivity index (χ2v) is 4.80. The highest BCUT2D eigenvalue weighted by atomic mass is 16.1. The number of carbonyl (C=O) groups excluding carboxylic acids is 1. The average Bonchev–Trinajstić information content (AvgIpc) is 2.46. The zero-order valence-electron chi connectivity index (χ0n) is 11.3. The van der Waals surface area contributed by atoms with Crippen molar-refractivity contribution in [3.8, 4) is 0 Å². The fraction of sp³-hybridized carbons (Fsp3) is 0.167. The number of carbonyl (C=O) groups is 1. The quantitative estimate of drug-likeness (QED) is 0.578. The van der Waals surface area contributed by atoms with Gasteiger partial charge in [-0.2, -0.15) is 0 Å². The van der Waals surface area contributed by atoms with E-state index in [1.165, 1.54) is 11.1 Å². The Bertz CT molecular complexity index is 579. The third-order valence-corrected chi connectivity index (χ3v) is 3.22. The second-order valence-electron chi connectivity index (χ2n) is 4.80. The molecule has 0 heterocycles. The van der Waals surface area contributed by atoms with Gasteiger partial charge in [0.25, 0.3) is 0 Å². The molecule has 0 N–H and O–H groups in total. The van der Waals surface area contributed by atoms with E-state index >= 15 is 0 Å². The van der Waals surface area contributed by atoms with Crippen LogP contribution < -0.4 is 0 Å². The molecule has 0 aliphatic heterocycles. The molecule has 0 aromatic heterocycles. The largest absolute Gasteiger partial charge is 0.303 e. The van der Waals surface area contributed by atoms with Crippen LogP contribution in [0, 0.1) is 6.92 Å². The van der Waals surface area contributed by atoms with E-state index in [0.717, 1.165) is 17.4 Å². The number of rotatable bonds is 4. The number of hydrogen-bond acceptors (Lipinski definition) is 1. The first kappa shape index (κ1) is 13.3. The zero-order valence-corrected chi connectivity index (χ0v) is 11.3. The van der Waals surface area contributed by atoms with Crippen molar-refractivity contribution in [2.75, 3.05) is 0 Å². The van der Waals surface area contributed by atoms with Crippen LogP contribution in [0.2, 0.25) is 0 Å². The van der Waals surface area contributed by atoms with E-state index in [9.17, 15) is 4.79 Å². The van der Waals surface area contributed by atoms with E-state index in [-0.39, 0.29) is 5.92 Å². The molecule has 0 saturated heterocycles. The summed E-state index contributed by atoms with van der Waals surface area (Å²) in [6, 6.07) is 16.4. The Kier molecular flexibility index (Phi) is 4.30. The van der Waals surface area contributed by atoms with Gasteiger partial charge in [-0.15, -0.1) is 0 Å². The summed E-state index contributed by atoms with van der Waals surface area (Å²) >= 11 is 0. The summed E-state index contributed by atoms with van der Waals surface area (Å²) in [6.07, 6.45) is 5.13. The SMILES string of the molecule is Cc1ccc(C=Cc2ccccc2C(C)C=O)cc1. The molecule has 2 aromatic carbocycles. The van der Waals surface area contributed by atoms with E-state index < -0.39 is 0 Å². The standard InChI is InChI=1S/C18H18O/c1-14-7-9-16(10-8-14)11-12-17-5-3-4-6-18(17)15(2)13-19/h3-13,15H,1-2H3. The fourth-order valence-electron chi connectivity index (χ4n) is 2.01. The molecular formula is C18H18O. The first-order chi connectivity index (χ1) is 9.20. The summed E-state index contributed by atoms with van der Waals surface area (Å²) in [5, 5.41) is 0. The van der Waals surface area contributed by atoms with Crippen LogP contribution in [0.25, 0.3) is 12.2 Å². The van der Waals surface area contributed by atoms with Crippen molar-refractivity contribution in [2.24, 2.45) is 0 Å². The molecule has 19 heavy (non-hydrogen) atoms. The normalized spacial score (nSPS) is 12.5. The highest BCUT2D eigenvalue weighted by molar-refractivity contribution is 5.74. The number of aldehydes is 1. The molecule has 1 nitrogen and oxygen atoms in total. The maximum absolute atomic E-state index is 10.9. The Balaban J connectivity index is 2.28. The maximum Gasteiger partial charge on any atom is 0.127 e. The van der Waals surface area contributed by atoms with E-state index in [2.05, 4.69) is 43.3 Å². The predicted molar refractivity (Wildman–Crippen MR) is 81.0 cm³/mol. The van der Waals surface area contributed by atoms with Gasteiger partial charge in [0.1, 0.15) is 6.29 Å². The summed E-state index contributed by atoms with van der Waals surface area (Å²) in [6.45, 7) is 4.00. The fourth-order valence-corrected chi connectivity index (χ4v) is 2.01. The molecule has 0 bridgehead atoms. The van der Waals surface area contributed by atoms with Gasteiger partial charge in [-0.25, -0.2) is 0 Å². The Morgan fingerprint density at radius 1 is 0.947 bits per heavy atom.